The Labute approximate surface area is 132 Å². The number of anilines is 1. The Morgan fingerprint density at radius 1 is 1.14 bits per heavy atom. The SMILES string of the molecule is Cc1cc(S(=O)(=O)Cl)cc(Cl)c1NC(=O)c1ccccc1. The molecule has 0 spiro atoms. The highest BCUT2D eigenvalue weighted by Gasteiger charge is 2.16. The number of nitrogens with one attached hydrogen (secondary N) is 1. The van der Waals surface area contributed by atoms with Crippen molar-refractivity contribution in [1.82, 2.24) is 0 Å². The van der Waals surface area contributed by atoms with E-state index in [0.29, 0.717) is 16.8 Å². The molecule has 1 amide bonds. The van der Waals surface area contributed by atoms with Gasteiger partial charge in [0.15, 0.2) is 0 Å². The third-order valence-electron chi connectivity index (χ3n) is 2.82. The van der Waals surface area contributed by atoms with Crippen molar-refractivity contribution in [3.8, 4) is 0 Å². The first kappa shape index (κ1) is 15.8. The summed E-state index contributed by atoms with van der Waals surface area (Å²) in [4.78, 5) is 12.0. The van der Waals surface area contributed by atoms with Gasteiger partial charge in [0.2, 0.25) is 0 Å². The largest absolute Gasteiger partial charge is 0.320 e. The number of benzene rings is 2. The van der Waals surface area contributed by atoms with Crippen LogP contribution >= 0.6 is 22.3 Å². The monoisotopic (exact) mass is 343 g/mol. The lowest BCUT2D eigenvalue weighted by molar-refractivity contribution is 0.102. The highest BCUT2D eigenvalue weighted by atomic mass is 35.7. The molecule has 0 saturated heterocycles. The van der Waals surface area contributed by atoms with Gasteiger partial charge in [0.05, 0.1) is 15.6 Å². The Bertz CT molecular complexity index is 766. The molecule has 0 heterocycles. The average Bonchev–Trinajstić information content (AvgIpc) is 2.42. The predicted molar refractivity (Wildman–Crippen MR) is 83.6 cm³/mol. The zero-order valence-corrected chi connectivity index (χ0v) is 13.3. The summed E-state index contributed by atoms with van der Waals surface area (Å²) in [5.74, 6) is -0.331. The summed E-state index contributed by atoms with van der Waals surface area (Å²) in [6.45, 7) is 1.64. The summed E-state index contributed by atoms with van der Waals surface area (Å²) in [5.41, 5.74) is 1.34. The lowest BCUT2D eigenvalue weighted by atomic mass is 10.1. The smallest absolute Gasteiger partial charge is 0.261 e. The Hall–Kier alpha value is -1.56. The third kappa shape index (κ3) is 3.75. The Morgan fingerprint density at radius 3 is 2.29 bits per heavy atom. The van der Waals surface area contributed by atoms with Gasteiger partial charge in [0, 0.05) is 16.2 Å². The number of hydrogen-bond donors (Lipinski definition) is 1. The van der Waals surface area contributed by atoms with Crippen LogP contribution in [0, 0.1) is 6.92 Å². The average molecular weight is 344 g/mol. The van der Waals surface area contributed by atoms with Gasteiger partial charge in [0.25, 0.3) is 15.0 Å². The molecular formula is C14H11Cl2NO3S. The van der Waals surface area contributed by atoms with Crippen molar-refractivity contribution in [3.63, 3.8) is 0 Å². The van der Waals surface area contributed by atoms with Crippen LogP contribution in [0.2, 0.25) is 5.02 Å². The van der Waals surface area contributed by atoms with E-state index < -0.39 is 9.05 Å². The zero-order valence-electron chi connectivity index (χ0n) is 10.9. The van der Waals surface area contributed by atoms with E-state index in [0.717, 1.165) is 0 Å². The molecule has 0 atom stereocenters. The zero-order chi connectivity index (χ0) is 15.6. The summed E-state index contributed by atoms with van der Waals surface area (Å²) in [6.07, 6.45) is 0. The van der Waals surface area contributed by atoms with Crippen molar-refractivity contribution in [3.05, 3.63) is 58.6 Å². The fraction of sp³-hybridized carbons (Fsp3) is 0.0714. The quantitative estimate of drug-likeness (QED) is 0.861. The van der Waals surface area contributed by atoms with Crippen molar-refractivity contribution in [2.75, 3.05) is 5.32 Å². The van der Waals surface area contributed by atoms with E-state index in [4.69, 9.17) is 22.3 Å². The van der Waals surface area contributed by atoms with Crippen molar-refractivity contribution in [2.45, 2.75) is 11.8 Å². The Morgan fingerprint density at radius 2 is 1.76 bits per heavy atom. The second kappa shape index (κ2) is 6.05. The minimum atomic E-state index is -3.87. The molecule has 2 rings (SSSR count). The fourth-order valence-electron chi connectivity index (χ4n) is 1.79. The number of hydrogen-bond acceptors (Lipinski definition) is 3. The number of aryl methyl sites for hydroxylation is 1. The van der Waals surface area contributed by atoms with E-state index in [1.165, 1.54) is 12.1 Å². The molecule has 0 bridgehead atoms. The molecule has 0 aliphatic carbocycles. The maximum Gasteiger partial charge on any atom is 0.261 e. The number of halogens is 2. The van der Waals surface area contributed by atoms with Gasteiger partial charge in [-0.05, 0) is 36.8 Å². The van der Waals surface area contributed by atoms with Gasteiger partial charge in [0.1, 0.15) is 0 Å². The van der Waals surface area contributed by atoms with Crippen LogP contribution in [0.25, 0.3) is 0 Å². The maximum atomic E-state index is 12.1. The van der Waals surface area contributed by atoms with E-state index in [9.17, 15) is 13.2 Å². The molecule has 0 radical (unpaired) electrons. The number of carbonyl (C=O) groups excluding carboxylic acids is 1. The third-order valence-corrected chi connectivity index (χ3v) is 4.45. The van der Waals surface area contributed by atoms with Crippen molar-refractivity contribution < 1.29 is 13.2 Å². The van der Waals surface area contributed by atoms with Gasteiger partial charge in [-0.15, -0.1) is 0 Å². The highest BCUT2D eigenvalue weighted by Crippen LogP contribution is 2.31. The molecule has 4 nitrogen and oxygen atoms in total. The van der Waals surface area contributed by atoms with Crippen LogP contribution in [-0.2, 0) is 9.05 Å². The molecule has 0 aromatic heterocycles. The number of amides is 1. The van der Waals surface area contributed by atoms with Crippen molar-refractivity contribution in [2.24, 2.45) is 0 Å². The molecule has 0 saturated carbocycles. The molecule has 0 aliphatic rings. The molecule has 0 unspecified atom stereocenters. The molecule has 110 valence electrons. The first-order valence-corrected chi connectivity index (χ1v) is 8.59. The fourth-order valence-corrected chi connectivity index (χ4v) is 3.01. The molecular weight excluding hydrogens is 333 g/mol. The summed E-state index contributed by atoms with van der Waals surface area (Å²) in [7, 11) is 1.41. The number of rotatable bonds is 3. The van der Waals surface area contributed by atoms with Crippen LogP contribution in [0.3, 0.4) is 0 Å². The van der Waals surface area contributed by atoms with Gasteiger partial charge in [-0.1, -0.05) is 29.8 Å². The van der Waals surface area contributed by atoms with Gasteiger partial charge in [-0.2, -0.15) is 0 Å². The maximum absolute atomic E-state index is 12.1. The lowest BCUT2D eigenvalue weighted by Crippen LogP contribution is -2.13. The number of carbonyl (C=O) groups is 1. The second-order valence-corrected chi connectivity index (χ2v) is 7.33. The molecule has 1 N–H and O–H groups in total. The minimum absolute atomic E-state index is 0.107. The summed E-state index contributed by atoms with van der Waals surface area (Å²) in [5, 5.41) is 2.77. The minimum Gasteiger partial charge on any atom is -0.320 e. The van der Waals surface area contributed by atoms with E-state index >= 15 is 0 Å². The van der Waals surface area contributed by atoms with Gasteiger partial charge in [-0.25, -0.2) is 8.42 Å². The second-order valence-electron chi connectivity index (χ2n) is 4.35. The summed E-state index contributed by atoms with van der Waals surface area (Å²) < 4.78 is 22.6. The van der Waals surface area contributed by atoms with E-state index in [1.807, 2.05) is 0 Å². The molecule has 2 aromatic rings. The van der Waals surface area contributed by atoms with E-state index in [1.54, 1.807) is 37.3 Å². The first-order valence-electron chi connectivity index (χ1n) is 5.90. The van der Waals surface area contributed by atoms with Crippen LogP contribution in [-0.4, -0.2) is 14.3 Å². The van der Waals surface area contributed by atoms with Crippen LogP contribution in [0.1, 0.15) is 15.9 Å². The summed E-state index contributed by atoms with van der Waals surface area (Å²) >= 11 is 6.03. The van der Waals surface area contributed by atoms with E-state index in [-0.39, 0.29) is 15.8 Å². The molecule has 0 fully saturated rings. The van der Waals surface area contributed by atoms with Crippen LogP contribution < -0.4 is 5.32 Å². The standard InChI is InChI=1S/C14H11Cl2NO3S/c1-9-7-11(21(16,19)20)8-12(15)13(9)17-14(18)10-5-3-2-4-6-10/h2-8H,1H3,(H,17,18). The summed E-state index contributed by atoms with van der Waals surface area (Å²) in [6, 6.07) is 11.2. The van der Waals surface area contributed by atoms with Crippen LogP contribution in [0.5, 0.6) is 0 Å². The van der Waals surface area contributed by atoms with Crippen LogP contribution in [0.15, 0.2) is 47.4 Å². The molecule has 21 heavy (non-hydrogen) atoms. The molecule has 0 aliphatic heterocycles. The van der Waals surface area contributed by atoms with Gasteiger partial charge in [-0.3, -0.25) is 4.79 Å². The highest BCUT2D eigenvalue weighted by molar-refractivity contribution is 8.13. The first-order chi connectivity index (χ1) is 9.79. The van der Waals surface area contributed by atoms with E-state index in [2.05, 4.69) is 5.32 Å². The topological polar surface area (TPSA) is 63.2 Å². The normalized spacial score (nSPS) is 11.2. The van der Waals surface area contributed by atoms with Gasteiger partial charge >= 0.3 is 0 Å². The lowest BCUT2D eigenvalue weighted by Gasteiger charge is -2.11. The van der Waals surface area contributed by atoms with Crippen LogP contribution in [0.4, 0.5) is 5.69 Å². The Kier molecular flexibility index (Phi) is 4.56. The van der Waals surface area contributed by atoms with Crippen molar-refractivity contribution in [1.29, 1.82) is 0 Å². The van der Waals surface area contributed by atoms with Gasteiger partial charge < -0.3 is 5.32 Å². The predicted octanol–water partition coefficient (Wildman–Crippen LogP) is 3.83. The molecule has 7 heteroatoms. The molecule has 2 aromatic carbocycles. The Balaban J connectivity index is 2.36. The van der Waals surface area contributed by atoms with Crippen molar-refractivity contribution >= 4 is 42.9 Å².